The molecule has 1 heterocycles. The van der Waals surface area contributed by atoms with E-state index in [1.165, 1.54) is 24.1 Å². The Balaban J connectivity index is 1.62. The van der Waals surface area contributed by atoms with Crippen molar-refractivity contribution < 1.29 is 28.7 Å². The van der Waals surface area contributed by atoms with Gasteiger partial charge in [0.1, 0.15) is 5.75 Å². The number of hydrogen-bond acceptors (Lipinski definition) is 6. The summed E-state index contributed by atoms with van der Waals surface area (Å²) < 4.78 is 10.1. The van der Waals surface area contributed by atoms with Crippen molar-refractivity contribution in [2.24, 2.45) is 0 Å². The third kappa shape index (κ3) is 4.60. The van der Waals surface area contributed by atoms with Crippen LogP contribution in [0.25, 0.3) is 0 Å². The van der Waals surface area contributed by atoms with Crippen LogP contribution < -0.4 is 15.0 Å². The molecule has 0 spiro atoms. The monoisotopic (exact) mass is 396 g/mol. The Labute approximate surface area is 167 Å². The van der Waals surface area contributed by atoms with Crippen LogP contribution in [0.2, 0.25) is 0 Å². The summed E-state index contributed by atoms with van der Waals surface area (Å²) in [4.78, 5) is 50.2. The molecule has 1 N–H and O–H groups in total. The maximum absolute atomic E-state index is 12.4. The van der Waals surface area contributed by atoms with Crippen molar-refractivity contribution in [2.45, 2.75) is 12.8 Å². The molecule has 0 aliphatic carbocycles. The van der Waals surface area contributed by atoms with Crippen LogP contribution >= 0.6 is 0 Å². The number of ether oxygens (including phenoxy) is 2. The summed E-state index contributed by atoms with van der Waals surface area (Å²) in [7, 11) is 1.41. The number of nitrogens with zero attached hydrogens (tertiary/aromatic N) is 1. The minimum absolute atomic E-state index is 0.0644. The minimum atomic E-state index is -0.774. The summed E-state index contributed by atoms with van der Waals surface area (Å²) in [5, 5.41) is 2.15. The van der Waals surface area contributed by atoms with Crippen LogP contribution in [0.5, 0.6) is 5.75 Å². The number of rotatable bonds is 6. The summed E-state index contributed by atoms with van der Waals surface area (Å²) in [5.74, 6) is -1.93. The molecule has 1 aliphatic rings. The number of benzene rings is 2. The number of para-hydroxylation sites is 2. The Morgan fingerprint density at radius 3 is 2.41 bits per heavy atom. The van der Waals surface area contributed by atoms with E-state index in [1.54, 1.807) is 36.4 Å². The lowest BCUT2D eigenvalue weighted by Gasteiger charge is -2.18. The lowest BCUT2D eigenvalue weighted by Crippen LogP contribution is -2.34. The Hall–Kier alpha value is -3.68. The number of hydrogen-bond donors (Lipinski definition) is 1. The summed E-state index contributed by atoms with van der Waals surface area (Å²) in [6.45, 7) is -0.112. The number of carbonyl (C=O) groups is 4. The number of imide groups is 1. The summed E-state index contributed by atoms with van der Waals surface area (Å²) in [6.07, 6.45) is 1.15. The third-order valence-corrected chi connectivity index (χ3v) is 4.43. The van der Waals surface area contributed by atoms with Gasteiger partial charge in [0.05, 0.1) is 23.9 Å². The van der Waals surface area contributed by atoms with Crippen LogP contribution in [-0.2, 0) is 14.3 Å². The number of anilines is 1. The average molecular weight is 396 g/mol. The van der Waals surface area contributed by atoms with Gasteiger partial charge in [-0.2, -0.15) is 0 Å². The van der Waals surface area contributed by atoms with Gasteiger partial charge < -0.3 is 14.4 Å². The van der Waals surface area contributed by atoms with Gasteiger partial charge in [-0.25, -0.2) is 4.79 Å². The van der Waals surface area contributed by atoms with E-state index in [1.807, 2.05) is 0 Å². The van der Waals surface area contributed by atoms with Gasteiger partial charge >= 0.3 is 5.97 Å². The van der Waals surface area contributed by atoms with E-state index >= 15 is 0 Å². The van der Waals surface area contributed by atoms with Crippen molar-refractivity contribution in [3.05, 3.63) is 59.7 Å². The SMILES string of the molecule is COc1ccccc1C(=O)NC(=O)COC(=O)c1ccccc1N1CCCC1=O. The van der Waals surface area contributed by atoms with E-state index < -0.39 is 24.4 Å². The molecule has 3 rings (SSSR count). The molecule has 2 aromatic carbocycles. The lowest BCUT2D eigenvalue weighted by atomic mass is 10.1. The highest BCUT2D eigenvalue weighted by Crippen LogP contribution is 2.26. The first-order valence-electron chi connectivity index (χ1n) is 9.05. The fourth-order valence-electron chi connectivity index (χ4n) is 3.06. The molecule has 150 valence electrons. The Kier molecular flexibility index (Phi) is 6.23. The number of amides is 3. The van der Waals surface area contributed by atoms with Crippen LogP contribution in [0.4, 0.5) is 5.69 Å². The van der Waals surface area contributed by atoms with E-state index in [2.05, 4.69) is 5.32 Å². The molecule has 0 radical (unpaired) electrons. The predicted octanol–water partition coefficient (Wildman–Crippen LogP) is 1.94. The molecule has 29 heavy (non-hydrogen) atoms. The van der Waals surface area contributed by atoms with E-state index in [0.717, 1.165) is 6.42 Å². The maximum Gasteiger partial charge on any atom is 0.340 e. The molecule has 0 unspecified atom stereocenters. The largest absolute Gasteiger partial charge is 0.496 e. The van der Waals surface area contributed by atoms with Crippen molar-refractivity contribution in [2.75, 3.05) is 25.2 Å². The molecular formula is C21H20N2O6. The van der Waals surface area contributed by atoms with E-state index in [9.17, 15) is 19.2 Å². The molecule has 0 bridgehead atoms. The first-order chi connectivity index (χ1) is 14.0. The second-order valence-electron chi connectivity index (χ2n) is 6.32. The quantitative estimate of drug-likeness (QED) is 0.749. The van der Waals surface area contributed by atoms with Gasteiger partial charge in [0, 0.05) is 13.0 Å². The van der Waals surface area contributed by atoms with Crippen LogP contribution in [0.15, 0.2) is 48.5 Å². The number of methoxy groups -OCH3 is 1. The Morgan fingerprint density at radius 1 is 1.03 bits per heavy atom. The summed E-state index contributed by atoms with van der Waals surface area (Å²) in [5.41, 5.74) is 0.824. The molecular weight excluding hydrogens is 376 g/mol. The van der Waals surface area contributed by atoms with Gasteiger partial charge in [0.2, 0.25) is 5.91 Å². The molecule has 8 heteroatoms. The number of esters is 1. The highest BCUT2D eigenvalue weighted by Gasteiger charge is 2.26. The third-order valence-electron chi connectivity index (χ3n) is 4.43. The second kappa shape index (κ2) is 9.01. The van der Waals surface area contributed by atoms with Crippen molar-refractivity contribution in [3.8, 4) is 5.75 Å². The zero-order valence-electron chi connectivity index (χ0n) is 15.8. The van der Waals surface area contributed by atoms with Crippen LogP contribution in [0.1, 0.15) is 33.6 Å². The Morgan fingerprint density at radius 2 is 1.72 bits per heavy atom. The van der Waals surface area contributed by atoms with Gasteiger partial charge in [0.25, 0.3) is 11.8 Å². The Bertz CT molecular complexity index is 956. The zero-order valence-corrected chi connectivity index (χ0v) is 15.8. The van der Waals surface area contributed by atoms with Crippen LogP contribution in [0.3, 0.4) is 0 Å². The van der Waals surface area contributed by atoms with Crippen molar-refractivity contribution in [1.29, 1.82) is 0 Å². The summed E-state index contributed by atoms with van der Waals surface area (Å²) >= 11 is 0. The van der Waals surface area contributed by atoms with Gasteiger partial charge in [-0.3, -0.25) is 19.7 Å². The number of nitrogens with one attached hydrogen (secondary N) is 1. The highest BCUT2D eigenvalue weighted by atomic mass is 16.5. The van der Waals surface area contributed by atoms with Crippen LogP contribution in [0, 0.1) is 0 Å². The first-order valence-corrected chi connectivity index (χ1v) is 9.05. The summed E-state index contributed by atoms with van der Waals surface area (Å²) in [6, 6.07) is 13.0. The molecule has 1 saturated heterocycles. The van der Waals surface area contributed by atoms with E-state index in [0.29, 0.717) is 24.4 Å². The zero-order chi connectivity index (χ0) is 20.8. The van der Waals surface area contributed by atoms with Crippen LogP contribution in [-0.4, -0.2) is 44.0 Å². The molecule has 2 aromatic rings. The standard InChI is InChI=1S/C21H20N2O6/c1-28-17-10-5-3-8-15(17)20(26)22-18(24)13-29-21(27)14-7-2-4-9-16(14)23-12-6-11-19(23)25/h2-5,7-10H,6,11-13H2,1H3,(H,22,24,26). The topological polar surface area (TPSA) is 102 Å². The fourth-order valence-corrected chi connectivity index (χ4v) is 3.06. The lowest BCUT2D eigenvalue weighted by molar-refractivity contribution is -0.123. The van der Waals surface area contributed by atoms with E-state index in [4.69, 9.17) is 9.47 Å². The van der Waals surface area contributed by atoms with Crippen molar-refractivity contribution >= 4 is 29.4 Å². The maximum atomic E-state index is 12.4. The molecule has 1 fully saturated rings. The van der Waals surface area contributed by atoms with Crippen molar-refractivity contribution in [1.82, 2.24) is 5.32 Å². The fraction of sp³-hybridized carbons (Fsp3) is 0.238. The number of carbonyl (C=O) groups excluding carboxylic acids is 4. The van der Waals surface area contributed by atoms with Gasteiger partial charge in [-0.1, -0.05) is 24.3 Å². The predicted molar refractivity (Wildman–Crippen MR) is 104 cm³/mol. The molecule has 0 atom stereocenters. The molecule has 3 amide bonds. The van der Waals surface area contributed by atoms with Crippen molar-refractivity contribution in [3.63, 3.8) is 0 Å². The smallest absolute Gasteiger partial charge is 0.340 e. The molecule has 0 aromatic heterocycles. The highest BCUT2D eigenvalue weighted by molar-refractivity contribution is 6.07. The van der Waals surface area contributed by atoms with E-state index in [-0.39, 0.29) is 17.0 Å². The molecule has 8 nitrogen and oxygen atoms in total. The van der Waals surface area contributed by atoms with Gasteiger partial charge in [-0.15, -0.1) is 0 Å². The molecule has 1 aliphatic heterocycles. The first kappa shape index (κ1) is 20.1. The van der Waals surface area contributed by atoms with Gasteiger partial charge in [0.15, 0.2) is 6.61 Å². The molecule has 0 saturated carbocycles. The normalized spacial score (nSPS) is 13.1. The average Bonchev–Trinajstić information content (AvgIpc) is 3.17. The minimum Gasteiger partial charge on any atom is -0.496 e. The van der Waals surface area contributed by atoms with Gasteiger partial charge in [-0.05, 0) is 30.7 Å². The second-order valence-corrected chi connectivity index (χ2v) is 6.32.